The van der Waals surface area contributed by atoms with Crippen LogP contribution in [0.5, 0.6) is 0 Å². The van der Waals surface area contributed by atoms with Gasteiger partial charge in [-0.2, -0.15) is 0 Å². The molecule has 1 aliphatic rings. The molecule has 0 atom stereocenters. The molecule has 6 heteroatoms. The number of fused-ring (bicyclic) bond motifs is 1. The lowest BCUT2D eigenvalue weighted by Crippen LogP contribution is -2.46. The molecule has 4 nitrogen and oxygen atoms in total. The summed E-state index contributed by atoms with van der Waals surface area (Å²) in [5.74, 6) is -0.189. The molecule has 3 aromatic rings. The summed E-state index contributed by atoms with van der Waals surface area (Å²) in [6, 6.07) is 10.6. The number of halogens is 2. The predicted molar refractivity (Wildman–Crippen MR) is 103 cm³/mol. The molecule has 0 bridgehead atoms. The molecule has 0 N–H and O–H groups in total. The molecular formula is C20H22ClFN4. The summed E-state index contributed by atoms with van der Waals surface area (Å²) in [6.07, 6.45) is 2.86. The first-order valence-electron chi connectivity index (χ1n) is 9.02. The molecule has 2 aromatic heterocycles. The van der Waals surface area contributed by atoms with E-state index < -0.39 is 0 Å². The molecule has 0 amide bonds. The highest BCUT2D eigenvalue weighted by atomic mass is 35.5. The maximum absolute atomic E-state index is 13.1. The zero-order chi connectivity index (χ0) is 18.1. The molecule has 3 heterocycles. The van der Waals surface area contributed by atoms with E-state index >= 15 is 0 Å². The number of pyridine rings is 1. The molecule has 0 spiro atoms. The number of aryl methyl sites for hydroxylation is 1. The van der Waals surface area contributed by atoms with Crippen LogP contribution in [0.15, 0.2) is 42.6 Å². The Morgan fingerprint density at radius 3 is 2.46 bits per heavy atom. The SMILES string of the molecule is CCc1nc2ccc(Cl)cn2c1CN1CCN(c2ccc(F)cc2)CC1. The summed E-state index contributed by atoms with van der Waals surface area (Å²) in [7, 11) is 0. The van der Waals surface area contributed by atoms with Crippen LogP contribution in [0.4, 0.5) is 10.1 Å². The summed E-state index contributed by atoms with van der Waals surface area (Å²) >= 11 is 6.19. The first kappa shape index (κ1) is 17.3. The zero-order valence-electron chi connectivity index (χ0n) is 14.8. The third kappa shape index (κ3) is 3.41. The predicted octanol–water partition coefficient (Wildman–Crippen LogP) is 4.01. The van der Waals surface area contributed by atoms with E-state index in [4.69, 9.17) is 16.6 Å². The van der Waals surface area contributed by atoms with Gasteiger partial charge in [0, 0.05) is 44.6 Å². The van der Waals surface area contributed by atoms with Gasteiger partial charge >= 0.3 is 0 Å². The number of anilines is 1. The molecule has 1 aliphatic heterocycles. The maximum atomic E-state index is 13.1. The van der Waals surface area contributed by atoms with Crippen LogP contribution in [-0.4, -0.2) is 40.5 Å². The number of rotatable bonds is 4. The Morgan fingerprint density at radius 1 is 1.04 bits per heavy atom. The molecule has 1 saturated heterocycles. The lowest BCUT2D eigenvalue weighted by Gasteiger charge is -2.36. The van der Waals surface area contributed by atoms with E-state index in [0.29, 0.717) is 0 Å². The largest absolute Gasteiger partial charge is 0.369 e. The van der Waals surface area contributed by atoms with Crippen LogP contribution in [0, 0.1) is 5.82 Å². The Morgan fingerprint density at radius 2 is 1.77 bits per heavy atom. The van der Waals surface area contributed by atoms with E-state index in [-0.39, 0.29) is 5.82 Å². The molecule has 0 radical (unpaired) electrons. The number of benzene rings is 1. The highest BCUT2D eigenvalue weighted by Gasteiger charge is 2.20. The van der Waals surface area contributed by atoms with Crippen LogP contribution in [0.25, 0.3) is 5.65 Å². The van der Waals surface area contributed by atoms with Gasteiger partial charge in [0.05, 0.1) is 16.4 Å². The normalized spacial score (nSPS) is 15.7. The summed E-state index contributed by atoms with van der Waals surface area (Å²) in [4.78, 5) is 9.50. The third-order valence-corrected chi connectivity index (χ3v) is 5.26. The van der Waals surface area contributed by atoms with Gasteiger partial charge in [0.1, 0.15) is 11.5 Å². The number of piperazine rings is 1. The van der Waals surface area contributed by atoms with Crippen molar-refractivity contribution in [3.05, 3.63) is 64.8 Å². The van der Waals surface area contributed by atoms with E-state index in [1.165, 1.54) is 17.8 Å². The third-order valence-electron chi connectivity index (χ3n) is 5.04. The van der Waals surface area contributed by atoms with Crippen LogP contribution >= 0.6 is 11.6 Å². The van der Waals surface area contributed by atoms with Crippen molar-refractivity contribution >= 4 is 22.9 Å². The highest BCUT2D eigenvalue weighted by Crippen LogP contribution is 2.21. The van der Waals surface area contributed by atoms with Gasteiger partial charge in [0.25, 0.3) is 0 Å². The van der Waals surface area contributed by atoms with Gasteiger partial charge < -0.3 is 9.30 Å². The van der Waals surface area contributed by atoms with Crippen LogP contribution in [0.2, 0.25) is 5.02 Å². The van der Waals surface area contributed by atoms with Gasteiger partial charge in [-0.15, -0.1) is 0 Å². The van der Waals surface area contributed by atoms with Crippen LogP contribution in [0.3, 0.4) is 0 Å². The van der Waals surface area contributed by atoms with Crippen molar-refractivity contribution in [2.24, 2.45) is 0 Å². The molecular weight excluding hydrogens is 351 g/mol. The van der Waals surface area contributed by atoms with Crippen LogP contribution in [0.1, 0.15) is 18.3 Å². The van der Waals surface area contributed by atoms with Gasteiger partial charge in [-0.05, 0) is 42.8 Å². The van der Waals surface area contributed by atoms with E-state index in [1.54, 1.807) is 0 Å². The van der Waals surface area contributed by atoms with E-state index in [0.717, 1.165) is 61.2 Å². The standard InChI is InChI=1S/C20H22ClFN4/c1-2-18-19(26-13-15(21)3-8-20(26)23-18)14-24-9-11-25(12-10-24)17-6-4-16(22)5-7-17/h3-8,13H,2,9-12,14H2,1H3. The second-order valence-electron chi connectivity index (χ2n) is 6.67. The van der Waals surface area contributed by atoms with Crippen LogP contribution in [-0.2, 0) is 13.0 Å². The Balaban J connectivity index is 1.48. The molecule has 136 valence electrons. The average molecular weight is 373 g/mol. The van der Waals surface area contributed by atoms with Gasteiger partial charge in [-0.3, -0.25) is 4.90 Å². The average Bonchev–Trinajstić information content (AvgIpc) is 3.00. The van der Waals surface area contributed by atoms with Gasteiger partial charge in [0.2, 0.25) is 0 Å². The minimum absolute atomic E-state index is 0.189. The lowest BCUT2D eigenvalue weighted by atomic mass is 10.2. The van der Waals surface area contributed by atoms with Gasteiger partial charge in [0.15, 0.2) is 0 Å². The van der Waals surface area contributed by atoms with Gasteiger partial charge in [-0.1, -0.05) is 18.5 Å². The number of aromatic nitrogens is 2. The Hall–Kier alpha value is -2.11. The Labute approximate surface area is 157 Å². The number of hydrogen-bond donors (Lipinski definition) is 0. The van der Waals surface area contributed by atoms with Crippen molar-refractivity contribution in [1.82, 2.24) is 14.3 Å². The second-order valence-corrected chi connectivity index (χ2v) is 7.11. The molecule has 1 aromatic carbocycles. The summed E-state index contributed by atoms with van der Waals surface area (Å²) in [6.45, 7) is 6.80. The van der Waals surface area contributed by atoms with Gasteiger partial charge in [-0.25, -0.2) is 9.37 Å². The zero-order valence-corrected chi connectivity index (χ0v) is 15.6. The second kappa shape index (κ2) is 7.25. The van der Waals surface area contributed by atoms with Crippen LogP contribution < -0.4 is 4.90 Å². The lowest BCUT2D eigenvalue weighted by molar-refractivity contribution is 0.246. The number of imidazole rings is 1. The minimum Gasteiger partial charge on any atom is -0.369 e. The van der Waals surface area contributed by atoms with Crippen molar-refractivity contribution in [1.29, 1.82) is 0 Å². The van der Waals surface area contributed by atoms with E-state index in [1.807, 2.05) is 30.5 Å². The first-order chi connectivity index (χ1) is 12.6. The van der Waals surface area contributed by atoms with Crippen molar-refractivity contribution in [3.8, 4) is 0 Å². The molecule has 26 heavy (non-hydrogen) atoms. The molecule has 4 rings (SSSR count). The first-order valence-corrected chi connectivity index (χ1v) is 9.40. The molecule has 0 aliphatic carbocycles. The number of nitrogens with zero attached hydrogens (tertiary/aromatic N) is 4. The van der Waals surface area contributed by atoms with Crippen molar-refractivity contribution in [3.63, 3.8) is 0 Å². The van der Waals surface area contributed by atoms with E-state index in [9.17, 15) is 4.39 Å². The topological polar surface area (TPSA) is 23.8 Å². The van der Waals surface area contributed by atoms with Crippen molar-refractivity contribution in [2.45, 2.75) is 19.9 Å². The smallest absolute Gasteiger partial charge is 0.137 e. The fraction of sp³-hybridized carbons (Fsp3) is 0.350. The van der Waals surface area contributed by atoms with E-state index in [2.05, 4.69) is 21.1 Å². The Bertz CT molecular complexity index is 898. The van der Waals surface area contributed by atoms with Crippen molar-refractivity contribution in [2.75, 3.05) is 31.1 Å². The summed E-state index contributed by atoms with van der Waals surface area (Å²) in [5, 5.41) is 0.722. The molecule has 0 saturated carbocycles. The molecule has 0 unspecified atom stereocenters. The summed E-state index contributed by atoms with van der Waals surface area (Å²) in [5.41, 5.74) is 4.39. The fourth-order valence-corrected chi connectivity index (χ4v) is 3.76. The molecule has 1 fully saturated rings. The Kier molecular flexibility index (Phi) is 4.83. The maximum Gasteiger partial charge on any atom is 0.137 e. The van der Waals surface area contributed by atoms with Crippen molar-refractivity contribution < 1.29 is 4.39 Å². The fourth-order valence-electron chi connectivity index (χ4n) is 3.59. The summed E-state index contributed by atoms with van der Waals surface area (Å²) < 4.78 is 15.2. The monoisotopic (exact) mass is 372 g/mol. The number of hydrogen-bond acceptors (Lipinski definition) is 3. The minimum atomic E-state index is -0.189. The highest BCUT2D eigenvalue weighted by molar-refractivity contribution is 6.30. The quantitative estimate of drug-likeness (QED) is 0.691.